The topological polar surface area (TPSA) is 125 Å². The highest BCUT2D eigenvalue weighted by Gasteiger charge is 2.43. The molecule has 1 aliphatic rings. The largest absolute Gasteiger partial charge is 0.497 e. The molecule has 2 aromatic heterocycles. The van der Waals surface area contributed by atoms with Gasteiger partial charge in [-0.2, -0.15) is 4.98 Å². The van der Waals surface area contributed by atoms with Gasteiger partial charge < -0.3 is 28.6 Å². The highest BCUT2D eigenvalue weighted by molar-refractivity contribution is 8.76. The van der Waals surface area contributed by atoms with Crippen molar-refractivity contribution in [1.29, 1.82) is 0 Å². The van der Waals surface area contributed by atoms with E-state index in [1.54, 1.807) is 57.9 Å². The van der Waals surface area contributed by atoms with Gasteiger partial charge in [-0.15, -0.1) is 0 Å². The fourth-order valence-corrected chi connectivity index (χ4v) is 7.40. The van der Waals surface area contributed by atoms with Gasteiger partial charge in [0, 0.05) is 26.3 Å². The monoisotopic (exact) mass is 730 g/mol. The number of benzene rings is 3. The van der Waals surface area contributed by atoms with Crippen molar-refractivity contribution in [1.82, 2.24) is 24.4 Å². The number of fused-ring (bicyclic) bond motifs is 1. The Morgan fingerprint density at radius 2 is 1.63 bits per heavy atom. The molecule has 12 nitrogen and oxygen atoms in total. The number of aliphatic imine (C=N–C) groups is 1. The first-order valence-electron chi connectivity index (χ1n) is 16.5. The molecular weight excluding hydrogens is 689 g/mol. The highest BCUT2D eigenvalue weighted by atomic mass is 33.1. The van der Waals surface area contributed by atoms with Crippen molar-refractivity contribution in [2.75, 3.05) is 46.6 Å². The van der Waals surface area contributed by atoms with Gasteiger partial charge in [-0.25, -0.2) is 9.98 Å². The van der Waals surface area contributed by atoms with Crippen LogP contribution in [0, 0.1) is 0 Å². The molecule has 1 N–H and O–H groups in total. The van der Waals surface area contributed by atoms with E-state index in [2.05, 4.69) is 39.0 Å². The van der Waals surface area contributed by atoms with Crippen LogP contribution in [0.4, 0.5) is 5.95 Å². The zero-order valence-corrected chi connectivity index (χ0v) is 30.9. The number of hydrogen-bond acceptors (Lipinski definition) is 11. The standard InChI is InChI=1S/C37H42N6O6S2/c1-6-50-51-24-47-30-20-32(43-23-38-33-34(43)40-36(41-35(33)44)39-22-42(2)3)49-31(30)21-48-37(25-10-8-7-9-11-25,26-12-16-28(45-4)17-13-26)27-14-18-29(46-5)19-15-27/h7-19,22-23,30-32H,6,20-21,24H2,1-5H3,(H,40,41,44)/b39-22-/t30?,31-,32-/m1/s1. The average molecular weight is 731 g/mol. The molecule has 0 saturated carbocycles. The molecule has 0 bridgehead atoms. The number of nitrogens with zero attached hydrogens (tertiary/aromatic N) is 5. The minimum Gasteiger partial charge on any atom is -0.497 e. The van der Waals surface area contributed by atoms with E-state index < -0.39 is 17.9 Å². The Morgan fingerprint density at radius 1 is 0.980 bits per heavy atom. The number of H-pyrrole nitrogens is 1. The van der Waals surface area contributed by atoms with Crippen LogP contribution in [0.2, 0.25) is 0 Å². The first-order valence-corrected chi connectivity index (χ1v) is 19.0. The minimum atomic E-state index is -1.03. The Morgan fingerprint density at radius 3 is 2.24 bits per heavy atom. The summed E-state index contributed by atoms with van der Waals surface area (Å²) in [6, 6.07) is 26.0. The van der Waals surface area contributed by atoms with Crippen LogP contribution in [-0.4, -0.2) is 89.6 Å². The van der Waals surface area contributed by atoms with E-state index in [1.165, 1.54) is 0 Å². The summed E-state index contributed by atoms with van der Waals surface area (Å²) in [5.74, 6) is 3.09. The maximum absolute atomic E-state index is 12.9. The van der Waals surface area contributed by atoms with Crippen molar-refractivity contribution in [3.8, 4) is 11.5 Å². The minimum absolute atomic E-state index is 0.174. The van der Waals surface area contributed by atoms with E-state index >= 15 is 0 Å². The van der Waals surface area contributed by atoms with Gasteiger partial charge in [-0.05, 0) is 41.0 Å². The SMILES string of the molecule is CCSSCOC1C[C@H](n2cnc3c(=O)[nH]c(/N=C\N(C)C)nc32)O[C@@H]1COC(c1ccccc1)(c1ccc(OC)cc1)c1ccc(OC)cc1. The molecule has 14 heteroatoms. The van der Waals surface area contributed by atoms with E-state index in [0.717, 1.165) is 33.9 Å². The lowest BCUT2D eigenvalue weighted by atomic mass is 9.80. The molecule has 5 aromatic rings. The lowest BCUT2D eigenvalue weighted by Gasteiger charge is -2.37. The first kappa shape index (κ1) is 36.5. The number of rotatable bonds is 16. The van der Waals surface area contributed by atoms with Crippen LogP contribution in [0.3, 0.4) is 0 Å². The lowest BCUT2D eigenvalue weighted by molar-refractivity contribution is -0.0991. The van der Waals surface area contributed by atoms with Crippen LogP contribution >= 0.6 is 21.6 Å². The number of imidazole rings is 1. The summed E-state index contributed by atoms with van der Waals surface area (Å²) < 4.78 is 33.2. The molecule has 0 amide bonds. The van der Waals surface area contributed by atoms with Gasteiger partial charge in [-0.1, -0.05) is 83.1 Å². The molecule has 1 aliphatic heterocycles. The second-order valence-corrected chi connectivity index (χ2v) is 14.6. The zero-order valence-electron chi connectivity index (χ0n) is 29.2. The molecule has 3 aromatic carbocycles. The van der Waals surface area contributed by atoms with Gasteiger partial charge in [-0.3, -0.25) is 14.3 Å². The molecule has 1 saturated heterocycles. The number of aromatic amines is 1. The second-order valence-electron chi connectivity index (χ2n) is 11.9. The molecule has 3 atom stereocenters. The maximum Gasteiger partial charge on any atom is 0.280 e. The fourth-order valence-electron chi connectivity index (χ4n) is 6.07. The third-order valence-electron chi connectivity index (χ3n) is 8.49. The van der Waals surface area contributed by atoms with Crippen molar-refractivity contribution >= 4 is 45.0 Å². The molecule has 6 rings (SSSR count). The van der Waals surface area contributed by atoms with Crippen LogP contribution in [0.1, 0.15) is 36.3 Å². The summed E-state index contributed by atoms with van der Waals surface area (Å²) in [6.07, 6.45) is 2.32. The Hall–Kier alpha value is -4.34. The number of hydrogen-bond donors (Lipinski definition) is 1. The Bertz CT molecular complexity index is 1910. The summed E-state index contributed by atoms with van der Waals surface area (Å²) in [4.78, 5) is 30.7. The van der Waals surface area contributed by atoms with Gasteiger partial charge in [0.15, 0.2) is 11.2 Å². The number of methoxy groups -OCH3 is 2. The molecule has 268 valence electrons. The van der Waals surface area contributed by atoms with Gasteiger partial charge >= 0.3 is 0 Å². The van der Waals surface area contributed by atoms with Gasteiger partial charge in [0.1, 0.15) is 35.4 Å². The summed E-state index contributed by atoms with van der Waals surface area (Å²) in [5.41, 5.74) is 1.94. The first-order chi connectivity index (χ1) is 24.9. The average Bonchev–Trinajstić information content (AvgIpc) is 3.78. The van der Waals surface area contributed by atoms with Crippen LogP contribution in [-0.2, 0) is 19.8 Å². The molecular formula is C37H42N6O6S2. The number of aromatic nitrogens is 4. The zero-order chi connectivity index (χ0) is 35.8. The Kier molecular flexibility index (Phi) is 12.0. The predicted octanol–water partition coefficient (Wildman–Crippen LogP) is 6.40. The molecule has 51 heavy (non-hydrogen) atoms. The molecule has 0 spiro atoms. The van der Waals surface area contributed by atoms with Crippen LogP contribution in [0.25, 0.3) is 11.2 Å². The fraction of sp³-hybridized carbons (Fsp3) is 0.351. The predicted molar refractivity (Wildman–Crippen MR) is 202 cm³/mol. The van der Waals surface area contributed by atoms with Crippen molar-refractivity contribution in [2.24, 2.45) is 4.99 Å². The summed E-state index contributed by atoms with van der Waals surface area (Å²) >= 11 is 0. The lowest BCUT2D eigenvalue weighted by Crippen LogP contribution is -2.38. The molecule has 0 radical (unpaired) electrons. The summed E-state index contributed by atoms with van der Waals surface area (Å²) in [7, 11) is 10.4. The third kappa shape index (κ3) is 8.10. The van der Waals surface area contributed by atoms with Crippen LogP contribution in [0.15, 0.2) is 95.0 Å². The molecule has 0 aliphatic carbocycles. The van der Waals surface area contributed by atoms with E-state index in [9.17, 15) is 4.79 Å². The van der Waals surface area contributed by atoms with Crippen LogP contribution in [0.5, 0.6) is 11.5 Å². The third-order valence-corrected chi connectivity index (χ3v) is 10.6. The maximum atomic E-state index is 12.9. The Labute approximate surface area is 304 Å². The Balaban J connectivity index is 1.38. The highest BCUT2D eigenvalue weighted by Crippen LogP contribution is 2.43. The van der Waals surface area contributed by atoms with Crippen LogP contribution < -0.4 is 15.0 Å². The quantitative estimate of drug-likeness (QED) is 0.0303. The van der Waals surface area contributed by atoms with Crippen molar-refractivity contribution in [2.45, 2.75) is 37.4 Å². The van der Waals surface area contributed by atoms with Gasteiger partial charge in [0.25, 0.3) is 5.56 Å². The smallest absolute Gasteiger partial charge is 0.280 e. The summed E-state index contributed by atoms with van der Waals surface area (Å²) in [5, 5.41) is 0. The van der Waals surface area contributed by atoms with Crippen molar-refractivity contribution in [3.63, 3.8) is 0 Å². The second kappa shape index (κ2) is 16.8. The van der Waals surface area contributed by atoms with Gasteiger partial charge in [0.05, 0.1) is 39.6 Å². The van der Waals surface area contributed by atoms with Crippen molar-refractivity contribution < 1.29 is 23.7 Å². The number of nitrogens with one attached hydrogen (secondary N) is 1. The normalized spacial score (nSPS) is 17.7. The molecule has 3 heterocycles. The molecule has 1 fully saturated rings. The van der Waals surface area contributed by atoms with E-state index in [0.29, 0.717) is 18.0 Å². The number of ether oxygens (including phenoxy) is 5. The van der Waals surface area contributed by atoms with Crippen molar-refractivity contribution in [3.05, 3.63) is 112 Å². The van der Waals surface area contributed by atoms with E-state index in [1.807, 2.05) is 80.8 Å². The summed E-state index contributed by atoms with van der Waals surface area (Å²) in [6.45, 7) is 2.29. The molecule has 1 unspecified atom stereocenters. The van der Waals surface area contributed by atoms with E-state index in [-0.39, 0.29) is 29.7 Å². The van der Waals surface area contributed by atoms with E-state index in [4.69, 9.17) is 23.7 Å². The van der Waals surface area contributed by atoms with Gasteiger partial charge in [0.2, 0.25) is 5.95 Å².